The van der Waals surface area contributed by atoms with Crippen LogP contribution in [0.4, 0.5) is 0 Å². The van der Waals surface area contributed by atoms with E-state index in [0.717, 1.165) is 22.8 Å². The molecule has 0 aliphatic carbocycles. The Kier molecular flexibility index (Phi) is 6.20. The Balaban J connectivity index is 1.71. The molecule has 0 radical (unpaired) electrons. The molecule has 0 fully saturated rings. The van der Waals surface area contributed by atoms with Gasteiger partial charge in [0, 0.05) is 18.9 Å². The summed E-state index contributed by atoms with van der Waals surface area (Å²) >= 11 is 1.63. The van der Waals surface area contributed by atoms with Gasteiger partial charge in [0.2, 0.25) is 5.78 Å². The molecule has 4 rings (SSSR count). The maximum atomic E-state index is 13.1. The summed E-state index contributed by atoms with van der Waals surface area (Å²) in [5, 5.41) is 10.3. The Morgan fingerprint density at radius 2 is 1.93 bits per heavy atom. The van der Waals surface area contributed by atoms with Crippen LogP contribution in [-0.4, -0.2) is 31.9 Å². The van der Waals surface area contributed by atoms with Crippen LogP contribution in [0.1, 0.15) is 31.4 Å². The third kappa shape index (κ3) is 4.27. The second-order valence-corrected chi connectivity index (χ2v) is 8.59. The van der Waals surface area contributed by atoms with E-state index in [0.29, 0.717) is 24.3 Å². The Morgan fingerprint density at radius 1 is 1.10 bits per heavy atom. The highest BCUT2D eigenvalue weighted by Gasteiger charge is 2.16. The third-order valence-electron chi connectivity index (χ3n) is 4.91. The summed E-state index contributed by atoms with van der Waals surface area (Å²) in [5.74, 6) is 1.37. The Bertz CT molecular complexity index is 1230. The van der Waals surface area contributed by atoms with Crippen LogP contribution < -0.4 is 5.56 Å². The number of rotatable bonds is 8. The van der Waals surface area contributed by atoms with Crippen LogP contribution in [-0.2, 0) is 17.0 Å². The lowest BCUT2D eigenvalue weighted by Crippen LogP contribution is -2.24. The highest BCUT2D eigenvalue weighted by molar-refractivity contribution is 7.98. The zero-order valence-corrected chi connectivity index (χ0v) is 18.4. The predicted molar refractivity (Wildman–Crippen MR) is 121 cm³/mol. The van der Waals surface area contributed by atoms with Gasteiger partial charge in [-0.3, -0.25) is 13.8 Å². The molecular formula is C23H26N4O2S. The molecule has 0 amide bonds. The third-order valence-corrected chi connectivity index (χ3v) is 5.91. The first-order valence-electron chi connectivity index (χ1n) is 10.2. The van der Waals surface area contributed by atoms with Crippen LogP contribution >= 0.6 is 11.8 Å². The molecule has 4 aromatic rings. The molecule has 156 valence electrons. The van der Waals surface area contributed by atoms with Crippen molar-refractivity contribution in [3.8, 4) is 0 Å². The number of thioether (sulfide) groups is 1. The van der Waals surface area contributed by atoms with Gasteiger partial charge in [-0.15, -0.1) is 10.2 Å². The van der Waals surface area contributed by atoms with Gasteiger partial charge in [0.1, 0.15) is 0 Å². The molecule has 0 atom stereocenters. The lowest BCUT2D eigenvalue weighted by molar-refractivity contribution is 0.0748. The van der Waals surface area contributed by atoms with Gasteiger partial charge in [-0.2, -0.15) is 0 Å². The lowest BCUT2D eigenvalue weighted by atomic mass is 10.2. The van der Waals surface area contributed by atoms with E-state index in [4.69, 9.17) is 4.74 Å². The molecule has 2 aromatic carbocycles. The minimum absolute atomic E-state index is 0.0368. The van der Waals surface area contributed by atoms with Crippen LogP contribution in [0.2, 0.25) is 0 Å². The molecular weight excluding hydrogens is 396 g/mol. The van der Waals surface area contributed by atoms with E-state index in [2.05, 4.69) is 41.4 Å². The largest absolute Gasteiger partial charge is 0.379 e. The van der Waals surface area contributed by atoms with Crippen LogP contribution in [0, 0.1) is 6.92 Å². The van der Waals surface area contributed by atoms with Gasteiger partial charge in [-0.25, -0.2) is 0 Å². The number of hydrogen-bond acceptors (Lipinski definition) is 5. The lowest BCUT2D eigenvalue weighted by Gasteiger charge is -2.12. The van der Waals surface area contributed by atoms with Gasteiger partial charge in [-0.05, 0) is 44.9 Å². The zero-order valence-electron chi connectivity index (χ0n) is 17.5. The topological polar surface area (TPSA) is 61.4 Å². The number of fused-ring (bicyclic) bond motifs is 3. The van der Waals surface area contributed by atoms with Crippen LogP contribution in [0.25, 0.3) is 16.7 Å². The fourth-order valence-electron chi connectivity index (χ4n) is 3.52. The molecule has 0 saturated carbocycles. The number of aromatic nitrogens is 4. The quantitative estimate of drug-likeness (QED) is 0.310. The summed E-state index contributed by atoms with van der Waals surface area (Å²) < 4.78 is 9.36. The number of nitrogens with zero attached hydrogens (tertiary/aromatic N) is 4. The van der Waals surface area contributed by atoms with Crippen molar-refractivity contribution in [2.75, 3.05) is 6.61 Å². The first kappa shape index (κ1) is 20.6. The van der Waals surface area contributed by atoms with Crippen LogP contribution in [0.3, 0.4) is 0 Å². The second kappa shape index (κ2) is 9.02. The summed E-state index contributed by atoms with van der Waals surface area (Å²) in [5.41, 5.74) is 3.27. The smallest absolute Gasteiger partial charge is 0.262 e. The van der Waals surface area contributed by atoms with E-state index in [1.165, 1.54) is 11.1 Å². The van der Waals surface area contributed by atoms with Crippen LogP contribution in [0.15, 0.2) is 58.5 Å². The SMILES string of the molecule is Cc1cccc(CSc2nnc3n(CCCOC(C)C)c(=O)c4ccccc4n23)c1. The summed E-state index contributed by atoms with van der Waals surface area (Å²) in [4.78, 5) is 13.1. The van der Waals surface area contributed by atoms with Gasteiger partial charge in [0.15, 0.2) is 5.16 Å². The summed E-state index contributed by atoms with van der Waals surface area (Å²) in [6.45, 7) is 7.26. The van der Waals surface area contributed by atoms with Gasteiger partial charge in [0.25, 0.3) is 5.56 Å². The van der Waals surface area contributed by atoms with Crippen molar-refractivity contribution in [1.29, 1.82) is 0 Å². The molecule has 0 unspecified atom stereocenters. The van der Waals surface area contributed by atoms with Crippen LogP contribution in [0.5, 0.6) is 0 Å². The maximum absolute atomic E-state index is 13.1. The van der Waals surface area contributed by atoms with Crippen molar-refractivity contribution in [3.63, 3.8) is 0 Å². The number of ether oxygens (including phenoxy) is 1. The van der Waals surface area contributed by atoms with E-state index >= 15 is 0 Å². The van der Waals surface area contributed by atoms with E-state index in [1.54, 1.807) is 16.3 Å². The summed E-state index contributed by atoms with van der Waals surface area (Å²) in [6.07, 6.45) is 0.918. The van der Waals surface area contributed by atoms with Gasteiger partial charge >= 0.3 is 0 Å². The standard InChI is InChI=1S/C23H26N4O2S/c1-16(2)29-13-7-12-26-21(28)19-10-4-5-11-20(19)27-22(26)24-25-23(27)30-15-18-9-6-8-17(3)14-18/h4-6,8-11,14,16H,7,12-13,15H2,1-3H3. The fourth-order valence-corrected chi connectivity index (χ4v) is 4.40. The second-order valence-electron chi connectivity index (χ2n) is 7.64. The molecule has 2 heterocycles. The maximum Gasteiger partial charge on any atom is 0.262 e. The molecule has 0 saturated heterocycles. The normalized spacial score (nSPS) is 11.7. The summed E-state index contributed by atoms with van der Waals surface area (Å²) in [7, 11) is 0. The minimum atomic E-state index is -0.0368. The number of benzene rings is 2. The zero-order chi connectivity index (χ0) is 21.1. The summed E-state index contributed by atoms with van der Waals surface area (Å²) in [6, 6.07) is 16.1. The Hall–Kier alpha value is -2.64. The van der Waals surface area contributed by atoms with E-state index < -0.39 is 0 Å². The predicted octanol–water partition coefficient (Wildman–Crippen LogP) is 4.46. The first-order valence-corrected chi connectivity index (χ1v) is 11.2. The highest BCUT2D eigenvalue weighted by Crippen LogP contribution is 2.25. The average Bonchev–Trinajstić information content (AvgIpc) is 3.15. The van der Waals surface area contributed by atoms with E-state index in [-0.39, 0.29) is 11.7 Å². The molecule has 0 aliphatic rings. The number of hydrogen-bond donors (Lipinski definition) is 0. The number of aryl methyl sites for hydroxylation is 2. The van der Waals surface area contributed by atoms with Crippen molar-refractivity contribution >= 4 is 28.4 Å². The molecule has 0 N–H and O–H groups in total. The Morgan fingerprint density at radius 3 is 2.73 bits per heavy atom. The molecule has 0 aliphatic heterocycles. The van der Waals surface area contributed by atoms with Crippen molar-refractivity contribution in [1.82, 2.24) is 19.2 Å². The molecule has 7 heteroatoms. The van der Waals surface area contributed by atoms with Crippen molar-refractivity contribution in [2.24, 2.45) is 0 Å². The van der Waals surface area contributed by atoms with Crippen molar-refractivity contribution in [3.05, 3.63) is 70.0 Å². The fraction of sp³-hybridized carbons (Fsp3) is 0.348. The van der Waals surface area contributed by atoms with Gasteiger partial charge in [-0.1, -0.05) is 53.7 Å². The van der Waals surface area contributed by atoms with Gasteiger partial charge < -0.3 is 4.74 Å². The molecule has 0 bridgehead atoms. The average molecular weight is 423 g/mol. The monoisotopic (exact) mass is 422 g/mol. The molecule has 30 heavy (non-hydrogen) atoms. The van der Waals surface area contributed by atoms with Gasteiger partial charge in [0.05, 0.1) is 17.0 Å². The Labute approximate surface area is 179 Å². The first-order chi connectivity index (χ1) is 14.5. The van der Waals surface area contributed by atoms with E-state index in [9.17, 15) is 4.79 Å². The number of para-hydroxylation sites is 1. The minimum Gasteiger partial charge on any atom is -0.379 e. The van der Waals surface area contributed by atoms with Crippen molar-refractivity contribution in [2.45, 2.75) is 50.8 Å². The molecule has 2 aromatic heterocycles. The van der Waals surface area contributed by atoms with E-state index in [1.807, 2.05) is 42.5 Å². The van der Waals surface area contributed by atoms with Crippen molar-refractivity contribution < 1.29 is 4.74 Å². The highest BCUT2D eigenvalue weighted by atomic mass is 32.2. The molecule has 6 nitrogen and oxygen atoms in total. The molecule has 0 spiro atoms.